The van der Waals surface area contributed by atoms with E-state index in [1.807, 2.05) is 5.38 Å². The highest BCUT2D eigenvalue weighted by Crippen LogP contribution is 2.47. The summed E-state index contributed by atoms with van der Waals surface area (Å²) in [6.45, 7) is 1.79. The lowest BCUT2D eigenvalue weighted by molar-refractivity contribution is -0.132. The molecular formula is C23H18ClNO5S. The van der Waals surface area contributed by atoms with Crippen LogP contribution in [0.2, 0.25) is 5.02 Å². The average Bonchev–Trinajstić information content (AvgIpc) is 3.35. The quantitative estimate of drug-likeness (QED) is 0.326. The Kier molecular flexibility index (Phi) is 5.47. The number of thiophene rings is 1. The summed E-state index contributed by atoms with van der Waals surface area (Å²) in [5.74, 6) is -2.05. The molecule has 0 aliphatic carbocycles. The molecule has 1 saturated heterocycles. The van der Waals surface area contributed by atoms with Crippen LogP contribution in [0.4, 0.5) is 5.69 Å². The largest absolute Gasteiger partial charge is 0.507 e. The monoisotopic (exact) mass is 455 g/mol. The zero-order chi connectivity index (χ0) is 22.3. The molecule has 4 rings (SSSR count). The molecule has 0 spiro atoms. The number of anilines is 1. The van der Waals surface area contributed by atoms with Gasteiger partial charge in [-0.3, -0.25) is 14.5 Å². The van der Waals surface area contributed by atoms with Crippen molar-refractivity contribution in [3.05, 3.63) is 80.5 Å². The topological polar surface area (TPSA) is 87.1 Å². The first-order valence-corrected chi connectivity index (χ1v) is 10.6. The van der Waals surface area contributed by atoms with Crippen molar-refractivity contribution in [3.63, 3.8) is 0 Å². The molecule has 1 aliphatic rings. The third kappa shape index (κ3) is 3.45. The van der Waals surface area contributed by atoms with E-state index in [1.165, 1.54) is 29.4 Å². The number of para-hydroxylation sites is 2. The van der Waals surface area contributed by atoms with Crippen LogP contribution < -0.4 is 9.64 Å². The van der Waals surface area contributed by atoms with Crippen molar-refractivity contribution in [1.29, 1.82) is 0 Å². The third-order valence-electron chi connectivity index (χ3n) is 5.05. The van der Waals surface area contributed by atoms with Crippen LogP contribution in [0, 0.1) is 6.92 Å². The van der Waals surface area contributed by atoms with Gasteiger partial charge in [0.15, 0.2) is 0 Å². The number of benzene rings is 2. The predicted octanol–water partition coefficient (Wildman–Crippen LogP) is 5.05. The van der Waals surface area contributed by atoms with Crippen LogP contribution in [0.3, 0.4) is 0 Å². The van der Waals surface area contributed by atoms with E-state index in [0.717, 1.165) is 5.56 Å². The van der Waals surface area contributed by atoms with Crippen LogP contribution in [0.1, 0.15) is 22.0 Å². The van der Waals surface area contributed by atoms with Crippen molar-refractivity contribution in [2.45, 2.75) is 13.0 Å². The summed E-state index contributed by atoms with van der Waals surface area (Å²) in [5, 5.41) is 23.7. The van der Waals surface area contributed by atoms with Gasteiger partial charge in [-0.1, -0.05) is 29.8 Å². The van der Waals surface area contributed by atoms with Crippen LogP contribution in [0.15, 0.2) is 59.5 Å². The minimum Gasteiger partial charge on any atom is -0.507 e. The van der Waals surface area contributed by atoms with E-state index in [2.05, 4.69) is 0 Å². The van der Waals surface area contributed by atoms with Gasteiger partial charge in [-0.15, -0.1) is 11.3 Å². The smallest absolute Gasteiger partial charge is 0.300 e. The van der Waals surface area contributed by atoms with Gasteiger partial charge < -0.3 is 14.9 Å². The molecule has 2 heterocycles. The summed E-state index contributed by atoms with van der Waals surface area (Å²) in [4.78, 5) is 28.1. The Hall–Kier alpha value is -3.29. The molecule has 2 aromatic carbocycles. The first kappa shape index (κ1) is 21.0. The number of nitrogens with zero attached hydrogens (tertiary/aromatic N) is 1. The highest BCUT2D eigenvalue weighted by molar-refractivity contribution is 7.10. The van der Waals surface area contributed by atoms with Crippen LogP contribution in [0.5, 0.6) is 11.5 Å². The van der Waals surface area contributed by atoms with Gasteiger partial charge in [0.25, 0.3) is 11.7 Å². The second-order valence-electron chi connectivity index (χ2n) is 7.00. The molecule has 0 saturated carbocycles. The fourth-order valence-corrected chi connectivity index (χ4v) is 4.90. The van der Waals surface area contributed by atoms with Crippen molar-refractivity contribution in [2.24, 2.45) is 0 Å². The molecule has 6 nitrogen and oxygen atoms in total. The standard InChI is InChI=1S/C23H18ClNO5S/c1-12-10-13(22(30-2)14(24)11-12)20(27)18-19(17-8-5-9-31-17)25(23(29)21(18)28)15-6-3-4-7-16(15)26/h3-11,19,26-27H,1-2H3/b20-18-. The van der Waals surface area contributed by atoms with E-state index in [0.29, 0.717) is 4.88 Å². The first-order valence-electron chi connectivity index (χ1n) is 9.32. The zero-order valence-electron chi connectivity index (χ0n) is 16.6. The number of amides is 1. The third-order valence-corrected chi connectivity index (χ3v) is 6.25. The second-order valence-corrected chi connectivity index (χ2v) is 8.39. The number of halogens is 1. The Morgan fingerprint density at radius 2 is 1.90 bits per heavy atom. The van der Waals surface area contributed by atoms with E-state index in [4.69, 9.17) is 16.3 Å². The van der Waals surface area contributed by atoms with Crippen molar-refractivity contribution >= 4 is 46.1 Å². The van der Waals surface area contributed by atoms with Gasteiger partial charge in [0.1, 0.15) is 23.3 Å². The zero-order valence-corrected chi connectivity index (χ0v) is 18.2. The maximum atomic E-state index is 13.1. The normalized spacial score (nSPS) is 17.9. The summed E-state index contributed by atoms with van der Waals surface area (Å²) < 4.78 is 5.36. The first-order chi connectivity index (χ1) is 14.8. The number of aliphatic hydroxyl groups excluding tert-OH is 1. The molecule has 31 heavy (non-hydrogen) atoms. The lowest BCUT2D eigenvalue weighted by atomic mass is 9.98. The second kappa shape index (κ2) is 8.09. The Bertz CT molecular complexity index is 1220. The Morgan fingerprint density at radius 1 is 1.16 bits per heavy atom. The summed E-state index contributed by atoms with van der Waals surface area (Å²) in [6, 6.07) is 12.2. The highest BCUT2D eigenvalue weighted by atomic mass is 35.5. The summed E-state index contributed by atoms with van der Waals surface area (Å²) >= 11 is 7.61. The molecule has 1 atom stereocenters. The summed E-state index contributed by atoms with van der Waals surface area (Å²) in [7, 11) is 1.41. The summed E-state index contributed by atoms with van der Waals surface area (Å²) in [6.07, 6.45) is 0. The molecule has 8 heteroatoms. The molecule has 0 radical (unpaired) electrons. The number of aliphatic hydroxyl groups is 1. The number of hydrogen-bond acceptors (Lipinski definition) is 6. The molecule has 1 amide bonds. The van der Waals surface area contributed by atoms with Gasteiger partial charge in [-0.05, 0) is 48.2 Å². The highest BCUT2D eigenvalue weighted by Gasteiger charge is 2.48. The van der Waals surface area contributed by atoms with Gasteiger partial charge in [0.05, 0.1) is 29.0 Å². The molecule has 1 aromatic heterocycles. The van der Waals surface area contributed by atoms with E-state index in [9.17, 15) is 19.8 Å². The predicted molar refractivity (Wildman–Crippen MR) is 120 cm³/mol. The number of ether oxygens (including phenoxy) is 1. The molecule has 158 valence electrons. The van der Waals surface area contributed by atoms with Gasteiger partial charge in [0, 0.05) is 4.88 Å². The van der Waals surface area contributed by atoms with E-state index in [-0.39, 0.29) is 33.3 Å². The number of ketones is 1. The van der Waals surface area contributed by atoms with Crippen molar-refractivity contribution in [2.75, 3.05) is 12.0 Å². The molecule has 0 bridgehead atoms. The molecule has 1 unspecified atom stereocenters. The van der Waals surface area contributed by atoms with Crippen LogP contribution in [0.25, 0.3) is 5.76 Å². The fourth-order valence-electron chi connectivity index (χ4n) is 3.72. The number of aryl methyl sites for hydroxylation is 1. The number of Topliss-reactive ketones (excluding diaryl/α,β-unsaturated/α-hetero) is 1. The SMILES string of the molecule is COc1c(Cl)cc(C)cc1/C(O)=C1/C(=O)C(=O)N(c2ccccc2O)C1c1cccs1. The Labute approximate surface area is 187 Å². The molecule has 2 N–H and O–H groups in total. The summed E-state index contributed by atoms with van der Waals surface area (Å²) in [5.41, 5.74) is 1.03. The van der Waals surface area contributed by atoms with Gasteiger partial charge in [0.2, 0.25) is 0 Å². The fraction of sp³-hybridized carbons (Fsp3) is 0.130. The van der Waals surface area contributed by atoms with E-state index < -0.39 is 23.5 Å². The lowest BCUT2D eigenvalue weighted by Crippen LogP contribution is -2.29. The van der Waals surface area contributed by atoms with Crippen molar-refractivity contribution in [3.8, 4) is 11.5 Å². The molecule has 3 aromatic rings. The van der Waals surface area contributed by atoms with Crippen LogP contribution in [-0.2, 0) is 9.59 Å². The maximum Gasteiger partial charge on any atom is 0.300 e. The van der Waals surface area contributed by atoms with Gasteiger partial charge >= 0.3 is 0 Å². The Balaban J connectivity index is 2.00. The number of aromatic hydroxyl groups is 1. The van der Waals surface area contributed by atoms with Crippen molar-refractivity contribution in [1.82, 2.24) is 0 Å². The lowest BCUT2D eigenvalue weighted by Gasteiger charge is -2.25. The minimum atomic E-state index is -0.919. The molecular weight excluding hydrogens is 438 g/mol. The number of rotatable bonds is 4. The van der Waals surface area contributed by atoms with Gasteiger partial charge in [-0.25, -0.2) is 0 Å². The van der Waals surface area contributed by atoms with Gasteiger partial charge in [-0.2, -0.15) is 0 Å². The molecule has 1 fully saturated rings. The number of methoxy groups -OCH3 is 1. The number of hydrogen-bond donors (Lipinski definition) is 2. The molecule has 1 aliphatic heterocycles. The minimum absolute atomic E-state index is 0.101. The van der Waals surface area contributed by atoms with Crippen LogP contribution in [-0.4, -0.2) is 29.0 Å². The van der Waals surface area contributed by atoms with E-state index >= 15 is 0 Å². The maximum absolute atomic E-state index is 13.1. The number of phenolic OH excluding ortho intramolecular Hbond substituents is 1. The number of carbonyl (C=O) groups is 2. The Morgan fingerprint density at radius 3 is 2.55 bits per heavy atom. The van der Waals surface area contributed by atoms with E-state index in [1.54, 1.807) is 49.4 Å². The average molecular weight is 456 g/mol. The van der Waals surface area contributed by atoms with Crippen molar-refractivity contribution < 1.29 is 24.5 Å². The number of carbonyl (C=O) groups excluding carboxylic acids is 2. The number of phenols is 1. The van der Waals surface area contributed by atoms with Crippen LogP contribution >= 0.6 is 22.9 Å².